The maximum Gasteiger partial charge on any atom is 0.315 e. The molecular formula is C12H16N2O4. The fraction of sp³-hybridized carbons (Fsp3) is 0.500. The molecule has 0 spiro atoms. The van der Waals surface area contributed by atoms with Gasteiger partial charge in [0, 0.05) is 12.6 Å². The molecule has 0 saturated heterocycles. The van der Waals surface area contributed by atoms with Gasteiger partial charge in [0.25, 0.3) is 0 Å². The summed E-state index contributed by atoms with van der Waals surface area (Å²) >= 11 is 0. The van der Waals surface area contributed by atoms with Crippen molar-refractivity contribution in [3.05, 3.63) is 27.8 Å². The highest BCUT2D eigenvalue weighted by Gasteiger charge is 2.28. The Bertz CT molecular complexity index is 462. The van der Waals surface area contributed by atoms with Gasteiger partial charge in [-0.2, -0.15) is 0 Å². The second kappa shape index (κ2) is 5.22. The van der Waals surface area contributed by atoms with E-state index in [0.29, 0.717) is 5.75 Å². The summed E-state index contributed by atoms with van der Waals surface area (Å²) in [6.45, 7) is 2.87. The van der Waals surface area contributed by atoms with Crippen LogP contribution in [0.2, 0.25) is 0 Å². The minimum atomic E-state index is -0.427. The van der Waals surface area contributed by atoms with Crippen molar-refractivity contribution in [3.8, 4) is 11.5 Å². The molecule has 0 bridgehead atoms. The third kappa shape index (κ3) is 2.24. The zero-order valence-electron chi connectivity index (χ0n) is 10.4. The number of hydrogen-bond acceptors (Lipinski definition) is 5. The van der Waals surface area contributed by atoms with Crippen LogP contribution in [-0.2, 0) is 0 Å². The van der Waals surface area contributed by atoms with Crippen molar-refractivity contribution in [3.63, 3.8) is 0 Å². The molecule has 0 amide bonds. The van der Waals surface area contributed by atoms with E-state index in [1.165, 1.54) is 0 Å². The van der Waals surface area contributed by atoms with E-state index in [2.05, 4.69) is 12.2 Å². The number of ether oxygens (including phenoxy) is 2. The molecule has 0 aliphatic carbocycles. The molecule has 2 rings (SSSR count). The largest absolute Gasteiger partial charge is 0.453 e. The molecule has 1 aliphatic heterocycles. The predicted octanol–water partition coefficient (Wildman–Crippen LogP) is 2.04. The Labute approximate surface area is 105 Å². The minimum Gasteiger partial charge on any atom is -0.453 e. The molecule has 0 saturated carbocycles. The first-order chi connectivity index (χ1) is 8.67. The standard InChI is InChI=1S/C12H16N2O4/c1-3-8(6-13-2)9-4-10(14(15)16)12-11(5-9)17-7-18-12/h4-5,8,13H,3,6-7H2,1-2H3. The molecule has 1 aliphatic rings. The number of rotatable bonds is 5. The molecule has 0 aromatic heterocycles. The molecule has 1 heterocycles. The van der Waals surface area contributed by atoms with Gasteiger partial charge in [0.05, 0.1) is 4.92 Å². The summed E-state index contributed by atoms with van der Waals surface area (Å²) in [5.74, 6) is 0.931. The van der Waals surface area contributed by atoms with Gasteiger partial charge in [-0.1, -0.05) is 6.92 Å². The smallest absolute Gasteiger partial charge is 0.315 e. The maximum atomic E-state index is 11.0. The van der Waals surface area contributed by atoms with Crippen molar-refractivity contribution in [1.29, 1.82) is 0 Å². The average molecular weight is 252 g/mol. The first kappa shape index (κ1) is 12.6. The molecule has 6 heteroatoms. The third-order valence-electron chi connectivity index (χ3n) is 3.09. The van der Waals surface area contributed by atoms with E-state index < -0.39 is 4.92 Å². The summed E-state index contributed by atoms with van der Waals surface area (Å²) in [5.41, 5.74) is 0.886. The third-order valence-corrected chi connectivity index (χ3v) is 3.09. The van der Waals surface area contributed by atoms with Gasteiger partial charge >= 0.3 is 5.69 Å². The van der Waals surface area contributed by atoms with Gasteiger partial charge in [-0.05, 0) is 31.0 Å². The molecule has 1 aromatic rings. The topological polar surface area (TPSA) is 73.6 Å². The number of benzene rings is 1. The van der Waals surface area contributed by atoms with Crippen LogP contribution >= 0.6 is 0 Å². The monoisotopic (exact) mass is 252 g/mol. The van der Waals surface area contributed by atoms with E-state index in [9.17, 15) is 10.1 Å². The van der Waals surface area contributed by atoms with E-state index in [1.54, 1.807) is 6.07 Å². The fourth-order valence-corrected chi connectivity index (χ4v) is 2.13. The number of nitrogens with zero attached hydrogens (tertiary/aromatic N) is 1. The SMILES string of the molecule is CCC(CNC)c1cc2c(c([N+](=O)[O-])c1)OCO2. The zero-order valence-corrected chi connectivity index (χ0v) is 10.4. The maximum absolute atomic E-state index is 11.0. The van der Waals surface area contributed by atoms with Crippen LogP contribution in [-0.4, -0.2) is 25.3 Å². The van der Waals surface area contributed by atoms with Crippen LogP contribution in [0.15, 0.2) is 12.1 Å². The number of fused-ring (bicyclic) bond motifs is 1. The van der Waals surface area contributed by atoms with Crippen molar-refractivity contribution in [2.24, 2.45) is 0 Å². The lowest BCUT2D eigenvalue weighted by Gasteiger charge is -2.15. The Morgan fingerprint density at radius 3 is 2.89 bits per heavy atom. The van der Waals surface area contributed by atoms with Gasteiger partial charge in [0.2, 0.25) is 12.5 Å². The van der Waals surface area contributed by atoms with Gasteiger partial charge in [-0.15, -0.1) is 0 Å². The summed E-state index contributed by atoms with van der Waals surface area (Å²) in [7, 11) is 1.87. The molecule has 1 aromatic carbocycles. The summed E-state index contributed by atoms with van der Waals surface area (Å²) in [6.07, 6.45) is 0.900. The molecule has 6 nitrogen and oxygen atoms in total. The summed E-state index contributed by atoms with van der Waals surface area (Å²) in [6, 6.07) is 3.42. The van der Waals surface area contributed by atoms with Gasteiger partial charge < -0.3 is 14.8 Å². The quantitative estimate of drug-likeness (QED) is 0.641. The first-order valence-electron chi connectivity index (χ1n) is 5.89. The van der Waals surface area contributed by atoms with Gasteiger partial charge in [-0.25, -0.2) is 0 Å². The van der Waals surface area contributed by atoms with Crippen LogP contribution in [0, 0.1) is 10.1 Å². The van der Waals surface area contributed by atoms with Crippen molar-refractivity contribution in [1.82, 2.24) is 5.32 Å². The van der Waals surface area contributed by atoms with Crippen LogP contribution < -0.4 is 14.8 Å². The lowest BCUT2D eigenvalue weighted by atomic mass is 9.95. The zero-order chi connectivity index (χ0) is 13.1. The Morgan fingerprint density at radius 2 is 2.28 bits per heavy atom. The van der Waals surface area contributed by atoms with Crippen molar-refractivity contribution in [2.75, 3.05) is 20.4 Å². The normalized spacial score (nSPS) is 14.6. The molecule has 98 valence electrons. The van der Waals surface area contributed by atoms with Gasteiger partial charge in [-0.3, -0.25) is 10.1 Å². The average Bonchev–Trinajstić information content (AvgIpc) is 2.82. The predicted molar refractivity (Wildman–Crippen MR) is 66.2 cm³/mol. The molecule has 1 atom stereocenters. The van der Waals surface area contributed by atoms with E-state index >= 15 is 0 Å². The summed E-state index contributed by atoms with van der Waals surface area (Å²) < 4.78 is 10.4. The highest BCUT2D eigenvalue weighted by molar-refractivity contribution is 5.59. The Hall–Kier alpha value is -1.82. The van der Waals surface area contributed by atoms with E-state index in [4.69, 9.17) is 9.47 Å². The molecule has 0 fully saturated rings. The van der Waals surface area contributed by atoms with Crippen LogP contribution in [0.5, 0.6) is 11.5 Å². The fourth-order valence-electron chi connectivity index (χ4n) is 2.13. The second-order valence-corrected chi connectivity index (χ2v) is 4.19. The van der Waals surface area contributed by atoms with Crippen molar-refractivity contribution in [2.45, 2.75) is 19.3 Å². The Morgan fingerprint density at radius 1 is 1.50 bits per heavy atom. The highest BCUT2D eigenvalue weighted by Crippen LogP contribution is 2.43. The van der Waals surface area contributed by atoms with Crippen LogP contribution in [0.1, 0.15) is 24.8 Å². The number of nitro groups is 1. The highest BCUT2D eigenvalue weighted by atomic mass is 16.7. The number of likely N-dealkylation sites (N-methyl/N-ethyl adjacent to an activating group) is 1. The van der Waals surface area contributed by atoms with Crippen molar-refractivity contribution < 1.29 is 14.4 Å². The lowest BCUT2D eigenvalue weighted by molar-refractivity contribution is -0.385. The molecule has 1 N–H and O–H groups in total. The first-order valence-corrected chi connectivity index (χ1v) is 5.89. The number of nitrogens with one attached hydrogen (secondary N) is 1. The Kier molecular flexibility index (Phi) is 3.66. The molecular weight excluding hydrogens is 236 g/mol. The van der Waals surface area contributed by atoms with Gasteiger partial charge in [0.15, 0.2) is 5.75 Å². The molecule has 1 unspecified atom stereocenters. The minimum absolute atomic E-state index is 0.0189. The summed E-state index contributed by atoms with van der Waals surface area (Å²) in [4.78, 5) is 10.6. The second-order valence-electron chi connectivity index (χ2n) is 4.19. The summed E-state index contributed by atoms with van der Waals surface area (Å²) in [5, 5.41) is 14.1. The van der Waals surface area contributed by atoms with E-state index in [1.807, 2.05) is 13.1 Å². The van der Waals surface area contributed by atoms with E-state index in [0.717, 1.165) is 18.5 Å². The lowest BCUT2D eigenvalue weighted by Crippen LogP contribution is -2.16. The van der Waals surface area contributed by atoms with Crippen molar-refractivity contribution >= 4 is 5.69 Å². The van der Waals surface area contributed by atoms with Gasteiger partial charge in [0.1, 0.15) is 0 Å². The van der Waals surface area contributed by atoms with Crippen LogP contribution in [0.4, 0.5) is 5.69 Å². The van der Waals surface area contributed by atoms with Crippen LogP contribution in [0.3, 0.4) is 0 Å². The van der Waals surface area contributed by atoms with E-state index in [-0.39, 0.29) is 24.1 Å². The number of hydrogen-bond donors (Lipinski definition) is 1. The molecule has 0 radical (unpaired) electrons. The van der Waals surface area contributed by atoms with Crippen LogP contribution in [0.25, 0.3) is 0 Å². The molecule has 18 heavy (non-hydrogen) atoms. The number of nitro benzene ring substituents is 1. The Balaban J connectivity index is 2.43.